The van der Waals surface area contributed by atoms with Crippen LogP contribution in [0.15, 0.2) is 48.5 Å². The Balaban J connectivity index is 2.25. The molecule has 0 fully saturated rings. The summed E-state index contributed by atoms with van der Waals surface area (Å²) < 4.78 is 13.8. The number of carbonyl (C=O) groups is 1. The third-order valence-corrected chi connectivity index (χ3v) is 3.39. The van der Waals surface area contributed by atoms with Gasteiger partial charge in [0.15, 0.2) is 0 Å². The van der Waals surface area contributed by atoms with Gasteiger partial charge in [0.1, 0.15) is 5.82 Å². The number of hydrogen-bond acceptors (Lipinski definition) is 2. The fourth-order valence-corrected chi connectivity index (χ4v) is 2.07. The predicted octanol–water partition coefficient (Wildman–Crippen LogP) is 3.24. The molecule has 1 amide bonds. The first kappa shape index (κ1) is 14.1. The third-order valence-electron chi connectivity index (χ3n) is 3.39. The first-order chi connectivity index (χ1) is 9.50. The molecule has 2 aromatic carbocycles. The second kappa shape index (κ2) is 5.74. The van der Waals surface area contributed by atoms with Crippen molar-refractivity contribution in [1.29, 1.82) is 0 Å². The molecule has 104 valence electrons. The van der Waals surface area contributed by atoms with Gasteiger partial charge in [0, 0.05) is 23.9 Å². The van der Waals surface area contributed by atoms with Crippen LogP contribution in [0.5, 0.6) is 0 Å². The normalized spacial score (nSPS) is 11.9. The molecule has 1 atom stereocenters. The van der Waals surface area contributed by atoms with Crippen LogP contribution in [-0.2, 0) is 0 Å². The van der Waals surface area contributed by atoms with E-state index in [-0.39, 0.29) is 17.8 Å². The molecular weight excluding hydrogens is 255 g/mol. The van der Waals surface area contributed by atoms with Gasteiger partial charge in [-0.1, -0.05) is 24.3 Å². The first-order valence-electron chi connectivity index (χ1n) is 6.38. The van der Waals surface area contributed by atoms with Crippen molar-refractivity contribution in [2.75, 3.05) is 12.8 Å². The van der Waals surface area contributed by atoms with Gasteiger partial charge in [-0.2, -0.15) is 0 Å². The van der Waals surface area contributed by atoms with Crippen LogP contribution < -0.4 is 5.73 Å². The molecule has 0 spiro atoms. The van der Waals surface area contributed by atoms with Crippen molar-refractivity contribution in [1.82, 2.24) is 4.90 Å². The van der Waals surface area contributed by atoms with Crippen LogP contribution in [0.25, 0.3) is 0 Å². The second-order valence-electron chi connectivity index (χ2n) is 4.74. The number of benzene rings is 2. The summed E-state index contributed by atoms with van der Waals surface area (Å²) in [6, 6.07) is 12.9. The van der Waals surface area contributed by atoms with E-state index in [9.17, 15) is 9.18 Å². The maximum absolute atomic E-state index is 13.8. The largest absolute Gasteiger partial charge is 0.399 e. The van der Waals surface area contributed by atoms with Crippen molar-refractivity contribution >= 4 is 11.6 Å². The lowest BCUT2D eigenvalue weighted by molar-refractivity contribution is 0.0740. The van der Waals surface area contributed by atoms with Crippen LogP contribution in [0.3, 0.4) is 0 Å². The van der Waals surface area contributed by atoms with Crippen LogP contribution in [-0.4, -0.2) is 17.9 Å². The van der Waals surface area contributed by atoms with E-state index in [4.69, 9.17) is 5.73 Å². The molecule has 0 aromatic heterocycles. The van der Waals surface area contributed by atoms with Crippen molar-refractivity contribution in [2.24, 2.45) is 0 Å². The molecular formula is C16H17FN2O. The molecule has 0 saturated heterocycles. The maximum atomic E-state index is 13.8. The van der Waals surface area contributed by atoms with Crippen molar-refractivity contribution in [3.05, 3.63) is 65.5 Å². The van der Waals surface area contributed by atoms with Crippen molar-refractivity contribution in [3.8, 4) is 0 Å². The van der Waals surface area contributed by atoms with Crippen LogP contribution in [0.4, 0.5) is 10.1 Å². The van der Waals surface area contributed by atoms with E-state index in [1.807, 2.05) is 0 Å². The van der Waals surface area contributed by atoms with E-state index in [1.54, 1.807) is 56.4 Å². The van der Waals surface area contributed by atoms with Gasteiger partial charge in [0.2, 0.25) is 0 Å². The van der Waals surface area contributed by atoms with Gasteiger partial charge < -0.3 is 10.6 Å². The molecule has 0 saturated carbocycles. The van der Waals surface area contributed by atoms with Gasteiger partial charge in [-0.15, -0.1) is 0 Å². The Morgan fingerprint density at radius 3 is 2.55 bits per heavy atom. The Kier molecular flexibility index (Phi) is 4.03. The Bertz CT molecular complexity index is 627. The molecule has 0 radical (unpaired) electrons. The van der Waals surface area contributed by atoms with Crippen molar-refractivity contribution in [2.45, 2.75) is 13.0 Å². The van der Waals surface area contributed by atoms with Gasteiger partial charge in [-0.05, 0) is 31.2 Å². The molecule has 0 heterocycles. The zero-order valence-electron chi connectivity index (χ0n) is 11.5. The summed E-state index contributed by atoms with van der Waals surface area (Å²) in [6.45, 7) is 1.79. The molecule has 1 unspecified atom stereocenters. The number of hydrogen-bond donors (Lipinski definition) is 1. The summed E-state index contributed by atoms with van der Waals surface area (Å²) in [7, 11) is 1.66. The quantitative estimate of drug-likeness (QED) is 0.872. The average Bonchev–Trinajstić information content (AvgIpc) is 2.45. The van der Waals surface area contributed by atoms with Crippen LogP contribution >= 0.6 is 0 Å². The molecule has 0 aliphatic heterocycles. The summed E-state index contributed by atoms with van der Waals surface area (Å²) in [5.74, 6) is -0.500. The van der Waals surface area contributed by atoms with E-state index in [0.717, 1.165) is 0 Å². The molecule has 0 bridgehead atoms. The minimum Gasteiger partial charge on any atom is -0.399 e. The van der Waals surface area contributed by atoms with Gasteiger partial charge in [-0.3, -0.25) is 4.79 Å². The van der Waals surface area contributed by atoms with E-state index in [0.29, 0.717) is 16.8 Å². The van der Waals surface area contributed by atoms with E-state index < -0.39 is 0 Å². The van der Waals surface area contributed by atoms with Crippen molar-refractivity contribution in [3.63, 3.8) is 0 Å². The van der Waals surface area contributed by atoms with E-state index >= 15 is 0 Å². The number of nitrogens with zero attached hydrogens (tertiary/aromatic N) is 1. The van der Waals surface area contributed by atoms with Crippen LogP contribution in [0.1, 0.15) is 28.9 Å². The lowest BCUT2D eigenvalue weighted by atomic mass is 10.1. The molecule has 0 aliphatic rings. The SMILES string of the molecule is CC(c1ccccc1F)N(C)C(=O)c1cccc(N)c1. The number of anilines is 1. The fourth-order valence-electron chi connectivity index (χ4n) is 2.07. The highest BCUT2D eigenvalue weighted by molar-refractivity contribution is 5.95. The standard InChI is InChI=1S/C16H17FN2O/c1-11(14-8-3-4-9-15(14)17)19(2)16(20)12-6-5-7-13(18)10-12/h3-11H,18H2,1-2H3. The molecule has 3 nitrogen and oxygen atoms in total. The van der Waals surface area contributed by atoms with Crippen LogP contribution in [0.2, 0.25) is 0 Å². The zero-order chi connectivity index (χ0) is 14.7. The molecule has 2 rings (SSSR count). The summed E-state index contributed by atoms with van der Waals surface area (Å²) in [6.07, 6.45) is 0. The highest BCUT2D eigenvalue weighted by atomic mass is 19.1. The minimum atomic E-state index is -0.356. The topological polar surface area (TPSA) is 46.3 Å². The number of rotatable bonds is 3. The first-order valence-corrected chi connectivity index (χ1v) is 6.38. The Morgan fingerprint density at radius 2 is 1.90 bits per heavy atom. The summed E-state index contributed by atoms with van der Waals surface area (Å²) >= 11 is 0. The zero-order valence-corrected chi connectivity index (χ0v) is 11.5. The Hall–Kier alpha value is -2.36. The van der Waals surface area contributed by atoms with Crippen molar-refractivity contribution < 1.29 is 9.18 Å². The van der Waals surface area contributed by atoms with Gasteiger partial charge in [-0.25, -0.2) is 4.39 Å². The highest BCUT2D eigenvalue weighted by Gasteiger charge is 2.21. The average molecular weight is 272 g/mol. The predicted molar refractivity (Wildman–Crippen MR) is 77.8 cm³/mol. The number of carbonyl (C=O) groups excluding carboxylic acids is 1. The van der Waals surface area contributed by atoms with Gasteiger partial charge in [0.25, 0.3) is 5.91 Å². The molecule has 2 aromatic rings. The van der Waals surface area contributed by atoms with E-state index in [2.05, 4.69) is 0 Å². The summed E-state index contributed by atoms with van der Waals surface area (Å²) in [4.78, 5) is 13.9. The van der Waals surface area contributed by atoms with Gasteiger partial charge >= 0.3 is 0 Å². The molecule has 0 aliphatic carbocycles. The van der Waals surface area contributed by atoms with Crippen LogP contribution in [0, 0.1) is 5.82 Å². The Morgan fingerprint density at radius 1 is 1.20 bits per heavy atom. The minimum absolute atomic E-state index is 0.187. The third kappa shape index (κ3) is 2.79. The maximum Gasteiger partial charge on any atom is 0.254 e. The lowest BCUT2D eigenvalue weighted by Gasteiger charge is -2.25. The molecule has 2 N–H and O–H groups in total. The molecule has 20 heavy (non-hydrogen) atoms. The smallest absolute Gasteiger partial charge is 0.254 e. The summed E-state index contributed by atoms with van der Waals surface area (Å²) in [5, 5.41) is 0. The number of halogens is 1. The number of amides is 1. The Labute approximate surface area is 117 Å². The number of nitrogens with two attached hydrogens (primary N) is 1. The monoisotopic (exact) mass is 272 g/mol. The van der Waals surface area contributed by atoms with Gasteiger partial charge in [0.05, 0.1) is 6.04 Å². The fraction of sp³-hybridized carbons (Fsp3) is 0.188. The van der Waals surface area contributed by atoms with E-state index in [1.165, 1.54) is 11.0 Å². The number of nitrogen functional groups attached to an aromatic ring is 1. The summed E-state index contributed by atoms with van der Waals surface area (Å²) in [5.41, 5.74) is 7.20. The highest BCUT2D eigenvalue weighted by Crippen LogP contribution is 2.23. The molecule has 4 heteroatoms. The second-order valence-corrected chi connectivity index (χ2v) is 4.74. The lowest BCUT2D eigenvalue weighted by Crippen LogP contribution is -2.30.